The molecule has 0 fully saturated rings. The van der Waals surface area contributed by atoms with Crippen molar-refractivity contribution in [1.82, 2.24) is 6.15 Å². The van der Waals surface area contributed by atoms with Crippen LogP contribution in [0.15, 0.2) is 133 Å². The molecule has 1 heterocycles. The first-order valence-electron chi connectivity index (χ1n) is 21.8. The standard InChI is InChI=1S/2C14H9Cl2IO2.C8H6ClIO2.C8H8ClNO2.C8H6ClNO.C2H6.H3N.Na.H2O/c15-9-2-4-12(17)8(5-9)6-13(18)11-3-1-10(16)7-14(11)19;15-10-2-1-3-12(8-10)19-14(18)7-9-6-11(16)4-5-13(9)17;2*9-6-1-2-7(10)5(3-6)4-8(11)12;9-6-1-2-7-5(3-6)4-8(11)10-7;1-2;;;/h1-5,7,19H,6H2;1-6,8H,7H2;1-3H,4H2,(H,11,12);1-3H,4,10H2,(H,11,12);1-3H,4H2,(H,10,11);1-2H3;1H3;;1H2/q;;;;;;;+1;/p-1. The van der Waals surface area contributed by atoms with Crippen molar-refractivity contribution in [2.24, 2.45) is 0 Å². The maximum absolute atomic E-state index is 12.2. The number of hydrogen-bond donors (Lipinski definition) is 6. The quantitative estimate of drug-likeness (QED) is 0.0187. The number of fused-ring (bicyclic) bond motifs is 1. The number of aliphatic carboxylic acids is 2. The minimum absolute atomic E-state index is 0. The molecule has 0 unspecified atom stereocenters. The Labute approximate surface area is 549 Å². The Morgan fingerprint density at radius 1 is 0.564 bits per heavy atom. The number of aromatic hydroxyl groups is 1. The number of halogens is 10. The van der Waals surface area contributed by atoms with E-state index >= 15 is 0 Å². The molecule has 10 N–H and O–H groups in total. The van der Waals surface area contributed by atoms with Gasteiger partial charge < -0.3 is 42.7 Å². The number of esters is 1. The van der Waals surface area contributed by atoms with E-state index in [9.17, 15) is 29.1 Å². The van der Waals surface area contributed by atoms with Crippen molar-refractivity contribution in [3.63, 3.8) is 0 Å². The van der Waals surface area contributed by atoms with Crippen molar-refractivity contribution in [1.29, 1.82) is 0 Å². The second kappa shape index (κ2) is 38.5. The van der Waals surface area contributed by atoms with E-state index in [0.717, 1.165) is 38.7 Å². The van der Waals surface area contributed by atoms with E-state index in [2.05, 4.69) is 73.1 Å². The normalized spacial score (nSPS) is 10.2. The number of nitrogens with two attached hydrogens (primary N) is 1. The zero-order chi connectivity index (χ0) is 55.9. The zero-order valence-electron chi connectivity index (χ0n) is 41.5. The molecule has 7 aromatic carbocycles. The number of ketones is 1. The van der Waals surface area contributed by atoms with Crippen molar-refractivity contribution in [2.45, 2.75) is 46.0 Å². The number of anilines is 2. The fourth-order valence-electron chi connectivity index (χ4n) is 6.15. The van der Waals surface area contributed by atoms with Crippen molar-refractivity contribution >= 4 is 190 Å². The number of carbonyl (C=O) groups is 5. The van der Waals surface area contributed by atoms with Gasteiger partial charge in [0.2, 0.25) is 5.91 Å². The molecule has 0 spiro atoms. The summed E-state index contributed by atoms with van der Waals surface area (Å²) in [6, 6.07) is 37.4. The Hall–Kier alpha value is -3.17. The van der Waals surface area contributed by atoms with Crippen molar-refractivity contribution in [3.8, 4) is 11.5 Å². The predicted molar refractivity (Wildman–Crippen MR) is 335 cm³/mol. The van der Waals surface area contributed by atoms with E-state index in [4.69, 9.17) is 102 Å². The van der Waals surface area contributed by atoms with Gasteiger partial charge in [0.1, 0.15) is 11.5 Å². The SMILES string of the molecule is CC.N.Nc1ccc(Cl)cc1CC(=O)O.O=C(Cc1cc(Cl)ccc1I)Oc1cccc(Cl)c1.O=C(Cc1cc(Cl)ccc1I)c1ccc(Cl)cc1O.O=C(O)Cc1cc(Cl)ccc1I.O=C1Cc2cc(Cl)ccc2N1.[Na+].[OH-]. The van der Waals surface area contributed by atoms with Gasteiger partial charge in [-0.25, -0.2) is 0 Å². The van der Waals surface area contributed by atoms with Gasteiger partial charge in [-0.2, -0.15) is 0 Å². The topological polar surface area (TPSA) is 258 Å². The molecule has 410 valence electrons. The molecule has 0 aliphatic carbocycles. The molecule has 1 aliphatic rings. The summed E-state index contributed by atoms with van der Waals surface area (Å²) in [6.07, 6.45) is 0.750. The van der Waals surface area contributed by atoms with Crippen LogP contribution >= 0.6 is 149 Å². The van der Waals surface area contributed by atoms with E-state index in [1.165, 1.54) is 12.1 Å². The second-order valence-electron chi connectivity index (χ2n) is 15.1. The van der Waals surface area contributed by atoms with Crippen LogP contribution < -0.4 is 51.5 Å². The first-order valence-corrected chi connectivity index (χ1v) is 27.7. The Balaban J connectivity index is 0.000000950. The van der Waals surface area contributed by atoms with E-state index in [1.54, 1.807) is 97.1 Å². The summed E-state index contributed by atoms with van der Waals surface area (Å²) in [5.41, 5.74) is 11.1. The summed E-state index contributed by atoms with van der Waals surface area (Å²) >= 11 is 46.9. The van der Waals surface area contributed by atoms with Crippen LogP contribution in [0, 0.1) is 10.7 Å². The van der Waals surface area contributed by atoms with Crippen LogP contribution in [0.1, 0.15) is 52.0 Å². The third kappa shape index (κ3) is 27.5. The smallest absolute Gasteiger partial charge is 0.870 e. The average Bonchev–Trinajstić information content (AvgIpc) is 3.71. The molecule has 13 nitrogen and oxygen atoms in total. The number of nitrogens with one attached hydrogen (secondary N) is 1. The van der Waals surface area contributed by atoms with Crippen LogP contribution in [0.5, 0.6) is 11.5 Å². The minimum Gasteiger partial charge on any atom is -0.870 e. The van der Waals surface area contributed by atoms with Crippen LogP contribution in [0.4, 0.5) is 11.4 Å². The molecule has 1 aliphatic heterocycles. The van der Waals surface area contributed by atoms with Gasteiger partial charge in [-0.1, -0.05) is 101 Å². The van der Waals surface area contributed by atoms with Gasteiger partial charge in [0.15, 0.2) is 5.78 Å². The molecule has 0 radical (unpaired) electrons. The minimum atomic E-state index is -0.913. The number of hydrogen-bond acceptors (Lipinski definition) is 10. The Morgan fingerprint density at radius 3 is 1.47 bits per heavy atom. The molecule has 78 heavy (non-hydrogen) atoms. The Kier molecular flexibility index (Phi) is 37.0. The molecule has 7 aromatic rings. The number of benzene rings is 7. The van der Waals surface area contributed by atoms with Gasteiger partial charge in [-0.15, -0.1) is 0 Å². The van der Waals surface area contributed by atoms with Gasteiger partial charge in [0.05, 0.1) is 31.2 Å². The fourth-order valence-corrected chi connectivity index (χ4v) is 9.05. The van der Waals surface area contributed by atoms with Gasteiger partial charge in [-0.05, 0) is 223 Å². The number of carbonyl (C=O) groups excluding carboxylic acids is 3. The maximum Gasteiger partial charge on any atom is 1.00 e. The Bertz CT molecular complexity index is 3100. The molecule has 0 atom stereocenters. The molecule has 0 saturated heterocycles. The van der Waals surface area contributed by atoms with Crippen LogP contribution in [0.2, 0.25) is 35.2 Å². The molecular weight excluding hydrogens is 1500 g/mol. The molecule has 8 rings (SSSR count). The molecule has 1 amide bonds. The van der Waals surface area contributed by atoms with Gasteiger partial charge in [0, 0.05) is 63.7 Å². The first kappa shape index (κ1) is 74.8. The average molecular weight is 1550 g/mol. The summed E-state index contributed by atoms with van der Waals surface area (Å²) in [6.45, 7) is 4.00. The molecule has 0 saturated carbocycles. The summed E-state index contributed by atoms with van der Waals surface area (Å²) in [4.78, 5) is 55.6. The number of carboxylic acid groups (broad SMARTS) is 2. The number of rotatable bonds is 10. The number of phenolic OH excluding ortho intramolecular Hbond substituents is 1. The van der Waals surface area contributed by atoms with Gasteiger partial charge in [0.25, 0.3) is 0 Å². The van der Waals surface area contributed by atoms with Gasteiger partial charge in [-0.3, -0.25) is 24.0 Å². The summed E-state index contributed by atoms with van der Waals surface area (Å²) in [5, 5.41) is 33.3. The number of phenols is 1. The number of ether oxygens (including phenoxy) is 1. The number of Topliss-reactive ketones (excluding diaryl/α,β-unsaturated/α-hetero) is 1. The monoisotopic (exact) mass is 1550 g/mol. The van der Waals surface area contributed by atoms with Crippen molar-refractivity contribution < 1.29 is 79.1 Å². The fraction of sp³-hybridized carbons (Fsp3) is 0.130. The van der Waals surface area contributed by atoms with E-state index < -0.39 is 11.9 Å². The van der Waals surface area contributed by atoms with Gasteiger partial charge >= 0.3 is 47.5 Å². The van der Waals surface area contributed by atoms with Crippen molar-refractivity contribution in [3.05, 3.63) is 213 Å². The summed E-state index contributed by atoms with van der Waals surface area (Å²) in [7, 11) is 0. The zero-order valence-corrected chi connectivity index (χ0v) is 55.3. The first-order chi connectivity index (χ1) is 35.4. The molecular formula is C54H48Cl7I3N3NaO10. The van der Waals surface area contributed by atoms with E-state index in [0.29, 0.717) is 58.6 Å². The Morgan fingerprint density at radius 2 is 0.974 bits per heavy atom. The maximum atomic E-state index is 12.2. The third-order valence-corrected chi connectivity index (χ3v) is 14.3. The number of nitrogen functional groups attached to an aromatic ring is 1. The molecule has 0 bridgehead atoms. The predicted octanol–water partition coefficient (Wildman–Crippen LogP) is 13.4. The van der Waals surface area contributed by atoms with E-state index in [-0.39, 0.29) is 95.8 Å². The summed E-state index contributed by atoms with van der Waals surface area (Å²) in [5.74, 6) is -1.89. The van der Waals surface area contributed by atoms with Crippen LogP contribution in [0.3, 0.4) is 0 Å². The number of carboxylic acids is 2. The van der Waals surface area contributed by atoms with Crippen molar-refractivity contribution in [2.75, 3.05) is 11.1 Å². The second-order valence-corrected chi connectivity index (χ2v) is 21.6. The van der Waals surface area contributed by atoms with Crippen LogP contribution in [0.25, 0.3) is 0 Å². The van der Waals surface area contributed by atoms with Crippen LogP contribution in [-0.4, -0.2) is 50.4 Å². The third-order valence-electron chi connectivity index (χ3n) is 9.48. The molecule has 24 heteroatoms. The summed E-state index contributed by atoms with van der Waals surface area (Å²) < 4.78 is 8.09. The number of amides is 1. The van der Waals surface area contributed by atoms with E-state index in [1.807, 2.05) is 38.1 Å². The molecule has 0 aromatic heterocycles. The van der Waals surface area contributed by atoms with Crippen LogP contribution in [-0.2, 0) is 51.3 Å². The largest absolute Gasteiger partial charge is 1.00 e.